The molecule has 0 spiro atoms. The Morgan fingerprint density at radius 1 is 1.50 bits per heavy atom. The van der Waals surface area contributed by atoms with Gasteiger partial charge in [-0.05, 0) is 12.5 Å². The lowest BCUT2D eigenvalue weighted by Crippen LogP contribution is -2.22. The Morgan fingerprint density at radius 3 is 2.64 bits per heavy atom. The van der Waals surface area contributed by atoms with E-state index in [-0.39, 0.29) is 18.0 Å². The second kappa shape index (κ2) is 3.42. The molecule has 0 saturated carbocycles. The summed E-state index contributed by atoms with van der Waals surface area (Å²) in [7, 11) is 0. The van der Waals surface area contributed by atoms with Crippen molar-refractivity contribution in [2.45, 2.75) is 19.0 Å². The van der Waals surface area contributed by atoms with Gasteiger partial charge in [-0.25, -0.2) is 0 Å². The summed E-state index contributed by atoms with van der Waals surface area (Å²) in [6, 6.07) is 10.4. The van der Waals surface area contributed by atoms with Crippen LogP contribution in [0.5, 0.6) is 0 Å². The lowest BCUT2D eigenvalue weighted by atomic mass is 10.1. The van der Waals surface area contributed by atoms with Gasteiger partial charge < -0.3 is 5.73 Å². The molecule has 1 aromatic carbocycles. The molecule has 1 amide bonds. The van der Waals surface area contributed by atoms with Gasteiger partial charge in [-0.2, -0.15) is 0 Å². The molecule has 0 aromatic heterocycles. The Morgan fingerprint density at radius 2 is 2.14 bits per heavy atom. The molecule has 1 heterocycles. The zero-order valence-electron chi connectivity index (χ0n) is 8.18. The van der Waals surface area contributed by atoms with Crippen LogP contribution in [0.2, 0.25) is 0 Å². The minimum atomic E-state index is -0.215. The second-order valence-electron chi connectivity index (χ2n) is 3.70. The minimum absolute atomic E-state index is 0.0507. The molecule has 3 nitrogen and oxygen atoms in total. The summed E-state index contributed by atoms with van der Waals surface area (Å²) >= 11 is 0. The second-order valence-corrected chi connectivity index (χ2v) is 3.70. The van der Waals surface area contributed by atoms with E-state index in [1.54, 1.807) is 0 Å². The van der Waals surface area contributed by atoms with E-state index in [0.717, 1.165) is 6.54 Å². The van der Waals surface area contributed by atoms with E-state index < -0.39 is 0 Å². The molecule has 0 bridgehead atoms. The summed E-state index contributed by atoms with van der Waals surface area (Å²) in [5.41, 5.74) is 6.46. The molecule has 3 heteroatoms. The number of carbonyl (C=O) groups is 1. The van der Waals surface area contributed by atoms with Gasteiger partial charge in [0.15, 0.2) is 0 Å². The summed E-state index contributed by atoms with van der Waals surface area (Å²) in [4.78, 5) is 13.0. The van der Waals surface area contributed by atoms with E-state index in [4.69, 9.17) is 5.73 Å². The summed E-state index contributed by atoms with van der Waals surface area (Å²) in [6.45, 7) is 2.89. The van der Waals surface area contributed by atoms with E-state index in [0.29, 0.717) is 0 Å². The van der Waals surface area contributed by atoms with Crippen LogP contribution in [0.1, 0.15) is 18.5 Å². The van der Waals surface area contributed by atoms with Gasteiger partial charge in [0, 0.05) is 12.6 Å². The van der Waals surface area contributed by atoms with Crippen molar-refractivity contribution in [2.75, 3.05) is 6.54 Å². The molecule has 14 heavy (non-hydrogen) atoms. The van der Waals surface area contributed by atoms with Crippen molar-refractivity contribution in [1.82, 2.24) is 4.90 Å². The number of hydrogen-bond donors (Lipinski definition) is 1. The fourth-order valence-corrected chi connectivity index (χ4v) is 1.76. The van der Waals surface area contributed by atoms with Gasteiger partial charge >= 0.3 is 0 Å². The molecule has 2 rings (SSSR count). The standard InChI is InChI=1S/C11H14N2O/c1-8(9-5-3-2-4-6-9)13-7-10(13)11(12)14/h2-6,8,10H,7H2,1H3,(H2,12,14)/t8-,10-,13?/m0/s1. The third-order valence-electron chi connectivity index (χ3n) is 2.76. The number of hydrogen-bond acceptors (Lipinski definition) is 2. The fraction of sp³-hybridized carbons (Fsp3) is 0.364. The van der Waals surface area contributed by atoms with Gasteiger partial charge in [-0.15, -0.1) is 0 Å². The zero-order valence-corrected chi connectivity index (χ0v) is 8.18. The lowest BCUT2D eigenvalue weighted by Gasteiger charge is -2.13. The lowest BCUT2D eigenvalue weighted by molar-refractivity contribution is -0.118. The third kappa shape index (κ3) is 1.63. The van der Waals surface area contributed by atoms with Crippen LogP contribution in [-0.4, -0.2) is 23.4 Å². The van der Waals surface area contributed by atoms with Crippen LogP contribution in [0, 0.1) is 0 Å². The van der Waals surface area contributed by atoms with Gasteiger partial charge in [0.25, 0.3) is 0 Å². The maximum Gasteiger partial charge on any atom is 0.236 e. The van der Waals surface area contributed by atoms with E-state index in [9.17, 15) is 4.79 Å². The molecule has 1 saturated heterocycles. The smallest absolute Gasteiger partial charge is 0.236 e. The van der Waals surface area contributed by atoms with Crippen LogP contribution in [0.4, 0.5) is 0 Å². The number of rotatable bonds is 3. The van der Waals surface area contributed by atoms with Crippen LogP contribution < -0.4 is 5.73 Å². The third-order valence-corrected chi connectivity index (χ3v) is 2.76. The number of carbonyl (C=O) groups excluding carboxylic acids is 1. The molecular formula is C11H14N2O. The highest BCUT2D eigenvalue weighted by atomic mass is 16.1. The molecule has 1 fully saturated rings. The first kappa shape index (κ1) is 9.21. The van der Waals surface area contributed by atoms with Crippen molar-refractivity contribution in [3.8, 4) is 0 Å². The summed E-state index contributed by atoms with van der Waals surface area (Å²) in [5, 5.41) is 0. The quantitative estimate of drug-likeness (QED) is 0.720. The topological polar surface area (TPSA) is 46.1 Å². The Balaban J connectivity index is 2.05. The normalized spacial score (nSPS) is 26.9. The van der Waals surface area contributed by atoms with Crippen LogP contribution in [0.15, 0.2) is 30.3 Å². The number of benzene rings is 1. The maximum atomic E-state index is 10.9. The Labute approximate surface area is 83.5 Å². The van der Waals surface area contributed by atoms with Crippen molar-refractivity contribution >= 4 is 5.91 Å². The zero-order chi connectivity index (χ0) is 10.1. The predicted octanol–water partition coefficient (Wildman–Crippen LogP) is 0.917. The fourth-order valence-electron chi connectivity index (χ4n) is 1.76. The highest BCUT2D eigenvalue weighted by Gasteiger charge is 2.42. The van der Waals surface area contributed by atoms with Crippen LogP contribution in [0.25, 0.3) is 0 Å². The molecular weight excluding hydrogens is 176 g/mol. The first-order valence-corrected chi connectivity index (χ1v) is 4.80. The van der Waals surface area contributed by atoms with Crippen molar-refractivity contribution in [3.05, 3.63) is 35.9 Å². The minimum Gasteiger partial charge on any atom is -0.368 e. The highest BCUT2D eigenvalue weighted by Crippen LogP contribution is 2.31. The molecule has 1 aliphatic heterocycles. The Hall–Kier alpha value is -1.35. The summed E-state index contributed by atoms with van der Waals surface area (Å²) < 4.78 is 0. The molecule has 1 unspecified atom stereocenters. The van der Waals surface area contributed by atoms with Gasteiger partial charge in [0.1, 0.15) is 6.04 Å². The molecule has 0 radical (unpaired) electrons. The van der Waals surface area contributed by atoms with E-state index in [1.807, 2.05) is 18.2 Å². The molecule has 2 N–H and O–H groups in total. The van der Waals surface area contributed by atoms with Crippen molar-refractivity contribution in [3.63, 3.8) is 0 Å². The number of amides is 1. The van der Waals surface area contributed by atoms with Crippen molar-refractivity contribution in [1.29, 1.82) is 0 Å². The largest absolute Gasteiger partial charge is 0.368 e. The molecule has 1 aromatic rings. The Bertz CT molecular complexity index is 336. The summed E-state index contributed by atoms with van der Waals surface area (Å²) in [5.74, 6) is -0.215. The average molecular weight is 190 g/mol. The first-order valence-electron chi connectivity index (χ1n) is 4.80. The van der Waals surface area contributed by atoms with Gasteiger partial charge in [0.2, 0.25) is 5.91 Å². The van der Waals surface area contributed by atoms with Gasteiger partial charge in [-0.1, -0.05) is 30.3 Å². The van der Waals surface area contributed by atoms with E-state index in [2.05, 4.69) is 24.0 Å². The van der Waals surface area contributed by atoms with E-state index >= 15 is 0 Å². The SMILES string of the molecule is C[C@@H](c1ccccc1)N1C[C@H]1C(N)=O. The maximum absolute atomic E-state index is 10.9. The van der Waals surface area contributed by atoms with Crippen LogP contribution >= 0.6 is 0 Å². The monoisotopic (exact) mass is 190 g/mol. The summed E-state index contributed by atoms with van der Waals surface area (Å²) in [6.07, 6.45) is 0. The van der Waals surface area contributed by atoms with Crippen LogP contribution in [-0.2, 0) is 4.79 Å². The van der Waals surface area contributed by atoms with Crippen molar-refractivity contribution in [2.24, 2.45) is 5.73 Å². The average Bonchev–Trinajstić information content (AvgIpc) is 2.97. The molecule has 1 aliphatic rings. The number of nitrogens with zero attached hydrogens (tertiary/aromatic N) is 1. The predicted molar refractivity (Wildman–Crippen MR) is 54.5 cm³/mol. The molecule has 3 atom stereocenters. The number of primary amides is 1. The van der Waals surface area contributed by atoms with Crippen LogP contribution in [0.3, 0.4) is 0 Å². The first-order chi connectivity index (χ1) is 6.70. The molecule has 74 valence electrons. The van der Waals surface area contributed by atoms with Crippen molar-refractivity contribution < 1.29 is 4.79 Å². The van der Waals surface area contributed by atoms with E-state index in [1.165, 1.54) is 5.56 Å². The molecule has 0 aliphatic carbocycles. The van der Waals surface area contributed by atoms with Gasteiger partial charge in [0.05, 0.1) is 0 Å². The highest BCUT2D eigenvalue weighted by molar-refractivity contribution is 5.83. The number of nitrogens with two attached hydrogens (primary N) is 1. The van der Waals surface area contributed by atoms with Gasteiger partial charge in [-0.3, -0.25) is 9.69 Å². The Kier molecular flexibility index (Phi) is 2.25.